The van der Waals surface area contributed by atoms with Crippen LogP contribution in [0.4, 0.5) is 8.78 Å². The Morgan fingerprint density at radius 2 is 1.78 bits per heavy atom. The molecule has 6 heteroatoms. The standard InChI is InChI=1S/C21H28F2N4/c1-16-18(11-24-25(16)2)13-27-10-8-21(15-27)7-4-9-26(14-21)12-17-5-3-6-19(22)20(17)23/h3,5-6,11H,4,7-10,12-15H2,1-2H3. The second-order valence-electron chi connectivity index (χ2n) is 8.37. The lowest BCUT2D eigenvalue weighted by Crippen LogP contribution is -2.44. The Morgan fingerprint density at radius 3 is 2.52 bits per heavy atom. The molecule has 0 radical (unpaired) electrons. The number of hydrogen-bond donors (Lipinski definition) is 0. The summed E-state index contributed by atoms with van der Waals surface area (Å²) in [5.74, 6) is -1.45. The third-order valence-corrected chi connectivity index (χ3v) is 6.41. The van der Waals surface area contributed by atoms with Gasteiger partial charge in [0.2, 0.25) is 0 Å². The highest BCUT2D eigenvalue weighted by molar-refractivity contribution is 5.19. The SMILES string of the molecule is Cc1c(CN2CCC3(CCCN(Cc4cccc(F)c4F)C3)C2)cnn1C. The van der Waals surface area contributed by atoms with E-state index in [1.807, 2.05) is 17.9 Å². The number of halogens is 2. The lowest BCUT2D eigenvalue weighted by Gasteiger charge is -2.40. The largest absolute Gasteiger partial charge is 0.298 e. The van der Waals surface area contributed by atoms with Crippen molar-refractivity contribution in [2.45, 2.75) is 39.3 Å². The van der Waals surface area contributed by atoms with Crippen molar-refractivity contribution >= 4 is 0 Å². The zero-order valence-corrected chi connectivity index (χ0v) is 16.2. The van der Waals surface area contributed by atoms with Crippen LogP contribution in [-0.2, 0) is 20.1 Å². The molecule has 2 fully saturated rings. The molecule has 27 heavy (non-hydrogen) atoms. The molecule has 0 saturated carbocycles. The first-order valence-corrected chi connectivity index (χ1v) is 9.81. The second-order valence-corrected chi connectivity index (χ2v) is 8.37. The van der Waals surface area contributed by atoms with E-state index in [4.69, 9.17) is 0 Å². The fraction of sp³-hybridized carbons (Fsp3) is 0.571. The van der Waals surface area contributed by atoms with E-state index in [9.17, 15) is 8.78 Å². The maximum absolute atomic E-state index is 14.1. The molecule has 146 valence electrons. The Balaban J connectivity index is 1.40. The van der Waals surface area contributed by atoms with Crippen molar-refractivity contribution < 1.29 is 8.78 Å². The fourth-order valence-corrected chi connectivity index (χ4v) is 4.79. The van der Waals surface area contributed by atoms with Gasteiger partial charge in [-0.1, -0.05) is 12.1 Å². The molecule has 1 unspecified atom stereocenters. The summed E-state index contributed by atoms with van der Waals surface area (Å²) in [7, 11) is 1.98. The average molecular weight is 374 g/mol. The first-order chi connectivity index (χ1) is 13.0. The van der Waals surface area contributed by atoms with Crippen LogP contribution < -0.4 is 0 Å². The summed E-state index contributed by atoms with van der Waals surface area (Å²) in [6.07, 6.45) is 5.49. The first-order valence-electron chi connectivity index (χ1n) is 9.81. The molecule has 0 N–H and O–H groups in total. The smallest absolute Gasteiger partial charge is 0.163 e. The summed E-state index contributed by atoms with van der Waals surface area (Å²) >= 11 is 0. The summed E-state index contributed by atoms with van der Waals surface area (Å²) in [5, 5.41) is 4.35. The van der Waals surface area contributed by atoms with Crippen LogP contribution in [0.1, 0.15) is 36.1 Å². The molecular weight excluding hydrogens is 346 g/mol. The quantitative estimate of drug-likeness (QED) is 0.819. The lowest BCUT2D eigenvalue weighted by molar-refractivity contribution is 0.0856. The Kier molecular flexibility index (Phi) is 5.03. The average Bonchev–Trinajstić information content (AvgIpc) is 3.17. The summed E-state index contributed by atoms with van der Waals surface area (Å²) in [5.41, 5.74) is 3.26. The minimum atomic E-state index is -0.752. The minimum Gasteiger partial charge on any atom is -0.298 e. The van der Waals surface area contributed by atoms with E-state index in [-0.39, 0.29) is 5.41 Å². The Hall–Kier alpha value is -1.79. The van der Waals surface area contributed by atoms with E-state index in [0.29, 0.717) is 12.1 Å². The van der Waals surface area contributed by atoms with Crippen LogP contribution in [0.3, 0.4) is 0 Å². The highest BCUT2D eigenvalue weighted by Crippen LogP contribution is 2.40. The van der Waals surface area contributed by atoms with E-state index < -0.39 is 11.6 Å². The van der Waals surface area contributed by atoms with Gasteiger partial charge in [-0.3, -0.25) is 14.5 Å². The Labute approximate surface area is 159 Å². The van der Waals surface area contributed by atoms with Gasteiger partial charge in [0.1, 0.15) is 0 Å². The first kappa shape index (κ1) is 18.6. The molecular formula is C21H28F2N4. The zero-order valence-electron chi connectivity index (χ0n) is 16.2. The number of likely N-dealkylation sites (tertiary alicyclic amines) is 2. The maximum Gasteiger partial charge on any atom is 0.163 e. The van der Waals surface area contributed by atoms with Crippen molar-refractivity contribution in [1.29, 1.82) is 0 Å². The normalized spacial score (nSPS) is 24.1. The number of rotatable bonds is 4. The van der Waals surface area contributed by atoms with Crippen LogP contribution in [0, 0.1) is 24.0 Å². The molecule has 2 aliphatic heterocycles. The number of aromatic nitrogens is 2. The molecule has 2 aromatic rings. The van der Waals surface area contributed by atoms with Crippen molar-refractivity contribution in [3.63, 3.8) is 0 Å². The van der Waals surface area contributed by atoms with Gasteiger partial charge in [0.25, 0.3) is 0 Å². The summed E-state index contributed by atoms with van der Waals surface area (Å²) in [4.78, 5) is 4.83. The van der Waals surface area contributed by atoms with Crippen LogP contribution in [0.2, 0.25) is 0 Å². The maximum atomic E-state index is 14.1. The van der Waals surface area contributed by atoms with Crippen LogP contribution in [0.5, 0.6) is 0 Å². The van der Waals surface area contributed by atoms with E-state index in [1.165, 1.54) is 30.2 Å². The number of nitrogens with zero attached hydrogens (tertiary/aromatic N) is 4. The minimum absolute atomic E-state index is 0.276. The monoisotopic (exact) mass is 374 g/mol. The molecule has 2 aliphatic rings. The van der Waals surface area contributed by atoms with Crippen molar-refractivity contribution in [2.24, 2.45) is 12.5 Å². The van der Waals surface area contributed by atoms with E-state index in [1.54, 1.807) is 12.1 Å². The molecule has 1 aromatic heterocycles. The molecule has 4 nitrogen and oxygen atoms in total. The van der Waals surface area contributed by atoms with E-state index in [2.05, 4.69) is 21.8 Å². The van der Waals surface area contributed by atoms with Gasteiger partial charge in [-0.05, 0) is 50.8 Å². The molecule has 1 spiro atoms. The van der Waals surface area contributed by atoms with Crippen LogP contribution in [0.25, 0.3) is 0 Å². The predicted molar refractivity (Wildman–Crippen MR) is 101 cm³/mol. The van der Waals surface area contributed by atoms with Gasteiger partial charge < -0.3 is 0 Å². The highest BCUT2D eigenvalue weighted by Gasteiger charge is 2.41. The zero-order chi connectivity index (χ0) is 19.0. The molecule has 4 rings (SSSR count). The number of piperidine rings is 1. The molecule has 0 amide bonds. The van der Waals surface area contributed by atoms with Gasteiger partial charge in [0, 0.05) is 50.0 Å². The van der Waals surface area contributed by atoms with Gasteiger partial charge in [0.05, 0.1) is 6.20 Å². The van der Waals surface area contributed by atoms with Crippen molar-refractivity contribution in [1.82, 2.24) is 19.6 Å². The molecule has 1 atom stereocenters. The predicted octanol–water partition coefficient (Wildman–Crippen LogP) is 3.49. The number of hydrogen-bond acceptors (Lipinski definition) is 3. The van der Waals surface area contributed by atoms with E-state index in [0.717, 1.165) is 39.1 Å². The van der Waals surface area contributed by atoms with E-state index >= 15 is 0 Å². The van der Waals surface area contributed by atoms with Crippen LogP contribution in [-0.4, -0.2) is 45.8 Å². The second kappa shape index (κ2) is 7.32. The Morgan fingerprint density at radius 1 is 1.04 bits per heavy atom. The van der Waals surface area contributed by atoms with Gasteiger partial charge in [-0.2, -0.15) is 5.10 Å². The highest BCUT2D eigenvalue weighted by atomic mass is 19.2. The summed E-state index contributed by atoms with van der Waals surface area (Å²) in [6, 6.07) is 4.48. The van der Waals surface area contributed by atoms with Crippen molar-refractivity contribution in [3.05, 3.63) is 52.9 Å². The van der Waals surface area contributed by atoms with Gasteiger partial charge in [0.15, 0.2) is 11.6 Å². The van der Waals surface area contributed by atoms with Gasteiger partial charge >= 0.3 is 0 Å². The number of benzene rings is 1. The summed E-state index contributed by atoms with van der Waals surface area (Å²) in [6.45, 7) is 7.64. The molecule has 1 aromatic carbocycles. The third kappa shape index (κ3) is 3.78. The lowest BCUT2D eigenvalue weighted by atomic mass is 9.79. The van der Waals surface area contributed by atoms with Crippen molar-refractivity contribution in [2.75, 3.05) is 26.2 Å². The molecule has 2 saturated heterocycles. The van der Waals surface area contributed by atoms with Gasteiger partial charge in [-0.25, -0.2) is 8.78 Å². The Bertz CT molecular complexity index is 819. The molecule has 3 heterocycles. The van der Waals surface area contributed by atoms with Gasteiger partial charge in [-0.15, -0.1) is 0 Å². The molecule has 0 bridgehead atoms. The van der Waals surface area contributed by atoms with Crippen LogP contribution >= 0.6 is 0 Å². The molecule has 0 aliphatic carbocycles. The summed E-state index contributed by atoms with van der Waals surface area (Å²) < 4.78 is 29.5. The fourth-order valence-electron chi connectivity index (χ4n) is 4.79. The van der Waals surface area contributed by atoms with Crippen LogP contribution in [0.15, 0.2) is 24.4 Å². The third-order valence-electron chi connectivity index (χ3n) is 6.41. The number of aryl methyl sites for hydroxylation is 1. The van der Waals surface area contributed by atoms with Crippen molar-refractivity contribution in [3.8, 4) is 0 Å². The topological polar surface area (TPSA) is 24.3 Å².